The van der Waals surface area contributed by atoms with E-state index >= 15 is 4.39 Å². The predicted molar refractivity (Wildman–Crippen MR) is 130 cm³/mol. The molecule has 1 aliphatic rings. The van der Waals surface area contributed by atoms with E-state index in [-0.39, 0.29) is 5.92 Å². The second kappa shape index (κ2) is 10.8. The molecule has 1 aliphatic carbocycles. The van der Waals surface area contributed by atoms with Crippen molar-refractivity contribution in [3.05, 3.63) is 94.1 Å². The minimum Gasteiger partial charge on any atom is -0.203 e. The molecule has 0 bridgehead atoms. The number of hydrogen-bond donors (Lipinski definition) is 0. The fourth-order valence-electron chi connectivity index (χ4n) is 5.24. The third-order valence-electron chi connectivity index (χ3n) is 7.38. The maximum absolute atomic E-state index is 15.1. The Kier molecular flexibility index (Phi) is 7.75. The van der Waals surface area contributed by atoms with E-state index in [0.717, 1.165) is 44.9 Å². The number of benzene rings is 3. The molecule has 0 aromatic heterocycles. The topological polar surface area (TPSA) is 0 Å². The van der Waals surface area contributed by atoms with Crippen LogP contribution in [0.5, 0.6) is 0 Å². The van der Waals surface area contributed by atoms with Crippen molar-refractivity contribution in [3.8, 4) is 11.1 Å². The van der Waals surface area contributed by atoms with E-state index < -0.39 is 23.3 Å². The zero-order chi connectivity index (χ0) is 24.2. The van der Waals surface area contributed by atoms with Crippen molar-refractivity contribution in [1.82, 2.24) is 0 Å². The van der Waals surface area contributed by atoms with Gasteiger partial charge in [0.05, 0.1) is 0 Å². The third-order valence-corrected chi connectivity index (χ3v) is 7.38. The quantitative estimate of drug-likeness (QED) is 0.303. The van der Waals surface area contributed by atoms with Crippen LogP contribution in [0.25, 0.3) is 11.1 Å². The van der Waals surface area contributed by atoms with Crippen molar-refractivity contribution in [2.45, 2.75) is 71.1 Å². The highest BCUT2D eigenvalue weighted by Crippen LogP contribution is 2.40. The zero-order valence-electron chi connectivity index (χ0n) is 19.9. The fourth-order valence-corrected chi connectivity index (χ4v) is 5.24. The fraction of sp³-hybridized carbons (Fsp3) is 0.400. The molecule has 0 unspecified atom stereocenters. The van der Waals surface area contributed by atoms with Crippen LogP contribution in [0.1, 0.15) is 73.6 Å². The Balaban J connectivity index is 1.38. The number of hydrogen-bond acceptors (Lipinski definition) is 0. The summed E-state index contributed by atoms with van der Waals surface area (Å²) in [6.45, 7) is 3.67. The Morgan fingerprint density at radius 3 is 2.09 bits per heavy atom. The average molecular weight is 469 g/mol. The molecule has 3 aromatic rings. The highest BCUT2D eigenvalue weighted by atomic mass is 19.2. The Morgan fingerprint density at radius 1 is 0.706 bits per heavy atom. The molecular formula is C30H32F4. The lowest BCUT2D eigenvalue weighted by Gasteiger charge is -2.29. The smallest absolute Gasteiger partial charge is 0.166 e. The standard InChI is InChI=1S/C30H32F4/c1-3-4-20-6-12-22(13-7-20)25-17-18-26(30(34)29(25)33)23-14-8-21(9-15-23)10-16-24-11-5-19(2)27(31)28(24)32/h5-7,11-13,17-18,21,23H,3-4,8-10,14-16H2,1-2H3. The molecule has 0 amide bonds. The molecule has 0 spiro atoms. The Morgan fingerprint density at radius 2 is 1.41 bits per heavy atom. The molecule has 0 heterocycles. The van der Waals surface area contributed by atoms with Crippen molar-refractivity contribution < 1.29 is 17.6 Å². The van der Waals surface area contributed by atoms with E-state index in [9.17, 15) is 13.2 Å². The van der Waals surface area contributed by atoms with Crippen LogP contribution < -0.4 is 0 Å². The van der Waals surface area contributed by atoms with Crippen LogP contribution >= 0.6 is 0 Å². The molecule has 180 valence electrons. The van der Waals surface area contributed by atoms with Crippen LogP contribution in [0.15, 0.2) is 48.5 Å². The summed E-state index contributed by atoms with van der Waals surface area (Å²) in [7, 11) is 0. The first-order valence-corrected chi connectivity index (χ1v) is 12.4. The van der Waals surface area contributed by atoms with Crippen molar-refractivity contribution >= 4 is 0 Å². The van der Waals surface area contributed by atoms with Crippen molar-refractivity contribution in [2.75, 3.05) is 0 Å². The molecule has 0 nitrogen and oxygen atoms in total. The Labute approximate surface area is 200 Å². The molecule has 0 N–H and O–H groups in total. The van der Waals surface area contributed by atoms with Gasteiger partial charge in [0.15, 0.2) is 23.3 Å². The molecule has 0 saturated heterocycles. The first-order valence-electron chi connectivity index (χ1n) is 12.4. The number of halogens is 4. The summed E-state index contributed by atoms with van der Waals surface area (Å²) in [6.07, 6.45) is 6.58. The molecule has 0 radical (unpaired) electrons. The summed E-state index contributed by atoms with van der Waals surface area (Å²) < 4.78 is 58.0. The highest BCUT2D eigenvalue weighted by Gasteiger charge is 2.27. The maximum atomic E-state index is 15.1. The summed E-state index contributed by atoms with van der Waals surface area (Å²) in [5, 5.41) is 0. The molecule has 1 fully saturated rings. The molecule has 0 atom stereocenters. The van der Waals surface area contributed by atoms with Gasteiger partial charge in [-0.3, -0.25) is 0 Å². The maximum Gasteiger partial charge on any atom is 0.166 e. The molecule has 3 aromatic carbocycles. The first-order chi connectivity index (χ1) is 16.4. The molecule has 1 saturated carbocycles. The minimum absolute atomic E-state index is 0.0136. The van der Waals surface area contributed by atoms with Crippen LogP contribution in [0, 0.1) is 36.1 Å². The van der Waals surface area contributed by atoms with Gasteiger partial charge in [-0.05, 0) is 91.5 Å². The van der Waals surface area contributed by atoms with Crippen molar-refractivity contribution in [1.29, 1.82) is 0 Å². The molecular weight excluding hydrogens is 436 g/mol. The van der Waals surface area contributed by atoms with E-state index in [1.54, 1.807) is 31.2 Å². The third kappa shape index (κ3) is 5.21. The second-order valence-electron chi connectivity index (χ2n) is 9.70. The van der Waals surface area contributed by atoms with E-state index in [4.69, 9.17) is 0 Å². The van der Waals surface area contributed by atoms with Gasteiger partial charge in [-0.2, -0.15) is 0 Å². The van der Waals surface area contributed by atoms with Gasteiger partial charge in [-0.1, -0.05) is 61.9 Å². The van der Waals surface area contributed by atoms with Gasteiger partial charge in [0.25, 0.3) is 0 Å². The SMILES string of the molecule is CCCc1ccc(-c2ccc(C3CCC(CCc4ccc(C)c(F)c4F)CC3)c(F)c2F)cc1. The highest BCUT2D eigenvalue weighted by molar-refractivity contribution is 5.65. The van der Waals surface area contributed by atoms with Crippen LogP contribution in [-0.2, 0) is 12.8 Å². The summed E-state index contributed by atoms with van der Waals surface area (Å²) >= 11 is 0. The van der Waals surface area contributed by atoms with Crippen LogP contribution in [0.3, 0.4) is 0 Å². The van der Waals surface area contributed by atoms with E-state index in [2.05, 4.69) is 6.92 Å². The van der Waals surface area contributed by atoms with E-state index in [1.165, 1.54) is 5.56 Å². The molecule has 0 aliphatic heterocycles. The second-order valence-corrected chi connectivity index (χ2v) is 9.70. The van der Waals surface area contributed by atoms with Crippen molar-refractivity contribution in [2.24, 2.45) is 5.92 Å². The van der Waals surface area contributed by atoms with Gasteiger partial charge >= 0.3 is 0 Å². The monoisotopic (exact) mass is 468 g/mol. The van der Waals surface area contributed by atoms with E-state index in [1.807, 2.05) is 24.3 Å². The van der Waals surface area contributed by atoms with Crippen LogP contribution in [0.2, 0.25) is 0 Å². The summed E-state index contributed by atoms with van der Waals surface area (Å²) in [6, 6.07) is 14.4. The van der Waals surface area contributed by atoms with Gasteiger partial charge in [-0.15, -0.1) is 0 Å². The molecule has 4 heteroatoms. The lowest BCUT2D eigenvalue weighted by molar-refractivity contribution is 0.303. The molecule has 34 heavy (non-hydrogen) atoms. The predicted octanol–water partition coefficient (Wildman–Crippen LogP) is 9.08. The van der Waals surface area contributed by atoms with Gasteiger partial charge in [-0.25, -0.2) is 17.6 Å². The van der Waals surface area contributed by atoms with Gasteiger partial charge in [0.1, 0.15) is 0 Å². The summed E-state index contributed by atoms with van der Waals surface area (Å²) in [5.41, 5.74) is 3.36. The Bertz CT molecular complexity index is 1130. The van der Waals surface area contributed by atoms with Crippen LogP contribution in [0.4, 0.5) is 17.6 Å². The lowest BCUT2D eigenvalue weighted by Crippen LogP contribution is -2.16. The lowest BCUT2D eigenvalue weighted by atomic mass is 9.76. The number of aryl methyl sites for hydroxylation is 3. The normalized spacial score (nSPS) is 18.3. The zero-order valence-corrected chi connectivity index (χ0v) is 19.9. The van der Waals surface area contributed by atoms with Gasteiger partial charge in [0.2, 0.25) is 0 Å². The van der Waals surface area contributed by atoms with Crippen molar-refractivity contribution in [3.63, 3.8) is 0 Å². The van der Waals surface area contributed by atoms with Crippen LogP contribution in [-0.4, -0.2) is 0 Å². The Hall–Kier alpha value is -2.62. The average Bonchev–Trinajstić information content (AvgIpc) is 2.85. The summed E-state index contributed by atoms with van der Waals surface area (Å²) in [4.78, 5) is 0. The van der Waals surface area contributed by atoms with Gasteiger partial charge < -0.3 is 0 Å². The summed E-state index contributed by atoms with van der Waals surface area (Å²) in [5.74, 6) is -2.66. The van der Waals surface area contributed by atoms with Gasteiger partial charge in [0, 0.05) is 5.56 Å². The number of rotatable bonds is 7. The molecule has 4 rings (SSSR count). The van der Waals surface area contributed by atoms with E-state index in [0.29, 0.717) is 40.2 Å². The minimum atomic E-state index is -0.778. The largest absolute Gasteiger partial charge is 0.203 e. The first kappa shape index (κ1) is 24.5.